The first kappa shape index (κ1) is 13.1. The number of likely N-dealkylation sites (tertiary alicyclic amines) is 1. The Hall–Kier alpha value is -1.87. The number of aryl methyl sites for hydroxylation is 1. The van der Waals surface area contributed by atoms with Crippen LogP contribution in [0.2, 0.25) is 0 Å². The minimum absolute atomic E-state index is 0.0149. The van der Waals surface area contributed by atoms with Crippen molar-refractivity contribution in [1.29, 1.82) is 0 Å². The van der Waals surface area contributed by atoms with Gasteiger partial charge >= 0.3 is 0 Å². The monoisotopic (exact) mass is 268 g/mol. The van der Waals surface area contributed by atoms with Gasteiger partial charge in [0.05, 0.1) is 0 Å². The molecule has 1 fully saturated rings. The van der Waals surface area contributed by atoms with Crippen molar-refractivity contribution in [3.05, 3.63) is 69.6 Å². The number of benzene rings is 1. The third-order valence-corrected chi connectivity index (χ3v) is 4.12. The first-order valence-electron chi connectivity index (χ1n) is 7.21. The molecule has 0 aliphatic carbocycles. The van der Waals surface area contributed by atoms with Gasteiger partial charge in [0.15, 0.2) is 0 Å². The van der Waals surface area contributed by atoms with Gasteiger partial charge in [0.25, 0.3) is 0 Å². The second-order valence-corrected chi connectivity index (χ2v) is 5.55. The summed E-state index contributed by atoms with van der Waals surface area (Å²) in [5.74, 6) is 0. The highest BCUT2D eigenvalue weighted by atomic mass is 16.1. The molecular formula is C17H20N2O. The van der Waals surface area contributed by atoms with Crippen molar-refractivity contribution in [2.24, 2.45) is 0 Å². The van der Waals surface area contributed by atoms with Crippen molar-refractivity contribution in [3.8, 4) is 0 Å². The Kier molecular flexibility index (Phi) is 3.70. The number of H-pyrrole nitrogens is 1. The number of pyridine rings is 1. The molecule has 1 aromatic carbocycles. The largest absolute Gasteiger partial charge is 0.329 e. The van der Waals surface area contributed by atoms with Crippen LogP contribution in [0.4, 0.5) is 0 Å². The van der Waals surface area contributed by atoms with E-state index in [2.05, 4.69) is 40.2 Å². The SMILES string of the molecule is Cc1cc(=O)[nH]cc1[C@@H]1CCCN1Cc1ccccc1. The van der Waals surface area contributed by atoms with E-state index in [9.17, 15) is 4.79 Å². The van der Waals surface area contributed by atoms with E-state index in [1.54, 1.807) is 6.07 Å². The summed E-state index contributed by atoms with van der Waals surface area (Å²) in [5, 5.41) is 0. The number of rotatable bonds is 3. The molecular weight excluding hydrogens is 248 g/mol. The average Bonchev–Trinajstić information content (AvgIpc) is 2.88. The molecule has 0 amide bonds. The topological polar surface area (TPSA) is 36.1 Å². The molecule has 3 nitrogen and oxygen atoms in total. The molecule has 2 heterocycles. The fraction of sp³-hybridized carbons (Fsp3) is 0.353. The third-order valence-electron chi connectivity index (χ3n) is 4.12. The summed E-state index contributed by atoms with van der Waals surface area (Å²) in [6.07, 6.45) is 4.28. The second-order valence-electron chi connectivity index (χ2n) is 5.55. The van der Waals surface area contributed by atoms with Crippen LogP contribution in [-0.4, -0.2) is 16.4 Å². The Morgan fingerprint density at radius 3 is 2.85 bits per heavy atom. The van der Waals surface area contributed by atoms with E-state index in [1.165, 1.54) is 24.0 Å². The van der Waals surface area contributed by atoms with E-state index >= 15 is 0 Å². The van der Waals surface area contributed by atoms with Gasteiger partial charge in [-0.1, -0.05) is 30.3 Å². The van der Waals surface area contributed by atoms with Gasteiger partial charge in [-0.2, -0.15) is 0 Å². The van der Waals surface area contributed by atoms with Crippen LogP contribution in [0.3, 0.4) is 0 Å². The molecule has 1 aliphatic rings. The van der Waals surface area contributed by atoms with Gasteiger partial charge in [0, 0.05) is 24.8 Å². The van der Waals surface area contributed by atoms with Crippen LogP contribution in [0.1, 0.15) is 35.6 Å². The molecule has 0 unspecified atom stereocenters. The average molecular weight is 268 g/mol. The minimum atomic E-state index is -0.0149. The van der Waals surface area contributed by atoms with Crippen molar-refractivity contribution < 1.29 is 0 Å². The van der Waals surface area contributed by atoms with Crippen molar-refractivity contribution in [3.63, 3.8) is 0 Å². The molecule has 1 saturated heterocycles. The number of nitrogens with one attached hydrogen (secondary N) is 1. The maximum Gasteiger partial charge on any atom is 0.248 e. The van der Waals surface area contributed by atoms with E-state index in [0.717, 1.165) is 18.7 Å². The summed E-state index contributed by atoms with van der Waals surface area (Å²) in [6.45, 7) is 4.13. The quantitative estimate of drug-likeness (QED) is 0.929. The zero-order chi connectivity index (χ0) is 13.9. The molecule has 1 atom stereocenters. The van der Waals surface area contributed by atoms with Crippen molar-refractivity contribution >= 4 is 0 Å². The molecule has 1 aromatic heterocycles. The Balaban J connectivity index is 1.83. The van der Waals surface area contributed by atoms with Gasteiger partial charge in [-0.25, -0.2) is 0 Å². The Morgan fingerprint density at radius 1 is 1.30 bits per heavy atom. The molecule has 1 aliphatic heterocycles. The van der Waals surface area contributed by atoms with E-state index < -0.39 is 0 Å². The summed E-state index contributed by atoms with van der Waals surface area (Å²) in [4.78, 5) is 16.7. The summed E-state index contributed by atoms with van der Waals surface area (Å²) in [6, 6.07) is 12.7. The first-order chi connectivity index (χ1) is 9.74. The van der Waals surface area contributed by atoms with Crippen LogP contribution in [0.5, 0.6) is 0 Å². The summed E-state index contributed by atoms with van der Waals surface area (Å²) in [5.41, 5.74) is 3.69. The van der Waals surface area contributed by atoms with Crippen LogP contribution in [0.15, 0.2) is 47.4 Å². The van der Waals surface area contributed by atoms with Gasteiger partial charge in [-0.15, -0.1) is 0 Å². The first-order valence-corrected chi connectivity index (χ1v) is 7.21. The number of nitrogens with zero attached hydrogens (tertiary/aromatic N) is 1. The van der Waals surface area contributed by atoms with Gasteiger partial charge in [-0.3, -0.25) is 9.69 Å². The molecule has 3 rings (SSSR count). The standard InChI is InChI=1S/C17H20N2O/c1-13-10-17(20)18-11-15(13)16-8-5-9-19(16)12-14-6-3-2-4-7-14/h2-4,6-7,10-11,16H,5,8-9,12H2,1H3,(H,18,20)/t16-/m0/s1. The zero-order valence-corrected chi connectivity index (χ0v) is 11.8. The van der Waals surface area contributed by atoms with Crippen LogP contribution >= 0.6 is 0 Å². The van der Waals surface area contributed by atoms with Gasteiger partial charge in [0.1, 0.15) is 0 Å². The van der Waals surface area contributed by atoms with Crippen LogP contribution < -0.4 is 5.56 Å². The molecule has 20 heavy (non-hydrogen) atoms. The molecule has 0 saturated carbocycles. The van der Waals surface area contributed by atoms with Crippen molar-refractivity contribution in [2.45, 2.75) is 32.4 Å². The van der Waals surface area contributed by atoms with Gasteiger partial charge in [0.2, 0.25) is 5.56 Å². The highest BCUT2D eigenvalue weighted by Gasteiger charge is 2.27. The third kappa shape index (κ3) is 2.68. The van der Waals surface area contributed by atoms with E-state index in [4.69, 9.17) is 0 Å². The normalized spacial score (nSPS) is 19.4. The lowest BCUT2D eigenvalue weighted by Crippen LogP contribution is -2.24. The van der Waals surface area contributed by atoms with Crippen molar-refractivity contribution in [1.82, 2.24) is 9.88 Å². The smallest absolute Gasteiger partial charge is 0.248 e. The maximum absolute atomic E-state index is 11.4. The van der Waals surface area contributed by atoms with Crippen LogP contribution in [-0.2, 0) is 6.54 Å². The van der Waals surface area contributed by atoms with Crippen LogP contribution in [0.25, 0.3) is 0 Å². The van der Waals surface area contributed by atoms with Crippen LogP contribution in [0, 0.1) is 6.92 Å². The highest BCUT2D eigenvalue weighted by Crippen LogP contribution is 2.33. The molecule has 0 spiro atoms. The zero-order valence-electron chi connectivity index (χ0n) is 11.8. The number of aromatic nitrogens is 1. The van der Waals surface area contributed by atoms with Gasteiger partial charge in [-0.05, 0) is 43.0 Å². The molecule has 2 aromatic rings. The number of hydrogen-bond acceptors (Lipinski definition) is 2. The fourth-order valence-electron chi connectivity index (χ4n) is 3.13. The number of hydrogen-bond donors (Lipinski definition) is 1. The highest BCUT2D eigenvalue weighted by molar-refractivity contribution is 5.26. The van der Waals surface area contributed by atoms with E-state index in [0.29, 0.717) is 6.04 Å². The molecule has 0 radical (unpaired) electrons. The maximum atomic E-state index is 11.4. The fourth-order valence-corrected chi connectivity index (χ4v) is 3.13. The lowest BCUT2D eigenvalue weighted by molar-refractivity contribution is 0.247. The molecule has 1 N–H and O–H groups in total. The molecule has 0 bridgehead atoms. The summed E-state index contributed by atoms with van der Waals surface area (Å²) >= 11 is 0. The van der Waals surface area contributed by atoms with Gasteiger partial charge < -0.3 is 4.98 Å². The minimum Gasteiger partial charge on any atom is -0.329 e. The molecule has 3 heteroatoms. The van der Waals surface area contributed by atoms with E-state index in [1.807, 2.05) is 13.1 Å². The lowest BCUT2D eigenvalue weighted by atomic mass is 10.0. The number of aromatic amines is 1. The van der Waals surface area contributed by atoms with E-state index in [-0.39, 0.29) is 5.56 Å². The predicted molar refractivity (Wildman–Crippen MR) is 80.6 cm³/mol. The Morgan fingerprint density at radius 2 is 2.10 bits per heavy atom. The lowest BCUT2D eigenvalue weighted by Gasteiger charge is -2.25. The second kappa shape index (κ2) is 5.63. The summed E-state index contributed by atoms with van der Waals surface area (Å²) in [7, 11) is 0. The Bertz CT molecular complexity index is 633. The molecule has 104 valence electrons. The Labute approximate surface area is 119 Å². The summed E-state index contributed by atoms with van der Waals surface area (Å²) < 4.78 is 0. The predicted octanol–water partition coefficient (Wildman–Crippen LogP) is 3.02. The van der Waals surface area contributed by atoms with Crippen molar-refractivity contribution in [2.75, 3.05) is 6.54 Å².